The molecule has 0 aliphatic carbocycles. The average Bonchev–Trinajstić information content (AvgIpc) is 2.64. The van der Waals surface area contributed by atoms with E-state index in [0.29, 0.717) is 5.56 Å². The third kappa shape index (κ3) is 1.97. The van der Waals surface area contributed by atoms with Gasteiger partial charge < -0.3 is 4.80 Å². The lowest BCUT2D eigenvalue weighted by Crippen LogP contribution is -2.04. The van der Waals surface area contributed by atoms with E-state index in [9.17, 15) is 13.2 Å². The summed E-state index contributed by atoms with van der Waals surface area (Å²) in [5, 5.41) is 10.9. The molecule has 7 heteroatoms. The van der Waals surface area contributed by atoms with E-state index < -0.39 is 11.7 Å². The van der Waals surface area contributed by atoms with Gasteiger partial charge in [-0.1, -0.05) is 17.3 Å². The van der Waals surface area contributed by atoms with Gasteiger partial charge in [-0.05, 0) is 12.1 Å². The number of tetrazole rings is 1. The maximum Gasteiger partial charge on any atom is 0.416 e. The van der Waals surface area contributed by atoms with E-state index in [2.05, 4.69) is 22.5 Å². The van der Waals surface area contributed by atoms with Crippen LogP contribution in [0, 0.1) is 7.05 Å². The molecule has 1 aromatic carbocycles. The molecular formula is C9H6F3N4-. The fourth-order valence-corrected chi connectivity index (χ4v) is 1.17. The number of rotatable bonds is 1. The zero-order valence-corrected chi connectivity index (χ0v) is 7.94. The van der Waals surface area contributed by atoms with Crippen LogP contribution in [0.4, 0.5) is 13.2 Å². The van der Waals surface area contributed by atoms with Crippen LogP contribution in [-0.2, 0) is 6.18 Å². The van der Waals surface area contributed by atoms with Gasteiger partial charge in [-0.3, -0.25) is 7.05 Å². The van der Waals surface area contributed by atoms with Gasteiger partial charge in [0, 0.05) is 5.56 Å². The van der Waals surface area contributed by atoms with E-state index in [-0.39, 0.29) is 5.82 Å². The Labute approximate surface area is 88.7 Å². The molecule has 0 unspecified atom stereocenters. The summed E-state index contributed by atoms with van der Waals surface area (Å²) in [5.41, 5.74) is -0.249. The highest BCUT2D eigenvalue weighted by molar-refractivity contribution is 5.54. The van der Waals surface area contributed by atoms with Gasteiger partial charge in [0.25, 0.3) is 0 Å². The van der Waals surface area contributed by atoms with Crippen LogP contribution in [-0.4, -0.2) is 20.2 Å². The largest absolute Gasteiger partial charge is 0.416 e. The van der Waals surface area contributed by atoms with Gasteiger partial charge in [-0.15, -0.1) is 5.10 Å². The number of aromatic nitrogens is 4. The summed E-state index contributed by atoms with van der Waals surface area (Å²) >= 11 is 0. The second kappa shape index (κ2) is 3.51. The Morgan fingerprint density at radius 2 is 1.75 bits per heavy atom. The third-order valence-electron chi connectivity index (χ3n) is 1.92. The van der Waals surface area contributed by atoms with E-state index >= 15 is 0 Å². The van der Waals surface area contributed by atoms with Crippen LogP contribution < -0.4 is 0 Å². The Morgan fingerprint density at radius 1 is 1.12 bits per heavy atom. The van der Waals surface area contributed by atoms with Crippen LogP contribution in [0.1, 0.15) is 5.56 Å². The first kappa shape index (κ1) is 10.5. The first-order valence-electron chi connectivity index (χ1n) is 4.25. The minimum absolute atomic E-state index is 0.240. The first-order chi connectivity index (χ1) is 7.47. The van der Waals surface area contributed by atoms with Crippen LogP contribution in [0.5, 0.6) is 0 Å². The van der Waals surface area contributed by atoms with E-state index in [1.165, 1.54) is 12.1 Å². The van der Waals surface area contributed by atoms with Crippen molar-refractivity contribution in [3.05, 3.63) is 36.9 Å². The van der Waals surface area contributed by atoms with Crippen LogP contribution in [0.25, 0.3) is 11.4 Å². The molecule has 0 saturated heterocycles. The summed E-state index contributed by atoms with van der Waals surface area (Å²) in [6.07, 6.45) is -4.34. The summed E-state index contributed by atoms with van der Waals surface area (Å²) in [5.74, 6) is 0.240. The quantitative estimate of drug-likeness (QED) is 0.700. The van der Waals surface area contributed by atoms with Gasteiger partial charge in [0.1, 0.15) is 0 Å². The average molecular weight is 227 g/mol. The van der Waals surface area contributed by atoms with E-state index in [0.717, 1.165) is 16.9 Å². The lowest BCUT2D eigenvalue weighted by atomic mass is 10.1. The summed E-state index contributed by atoms with van der Waals surface area (Å²) in [4.78, 5) is 0.993. The molecule has 0 amide bonds. The molecule has 84 valence electrons. The van der Waals surface area contributed by atoms with Crippen molar-refractivity contribution in [3.63, 3.8) is 0 Å². The zero-order valence-electron chi connectivity index (χ0n) is 7.94. The highest BCUT2D eigenvalue weighted by Crippen LogP contribution is 2.30. The standard InChI is InChI=1S/C9H6F3N4/c1-16-14-8(13-15-16)6-2-4-7(5-3-6)9(10,11)12/h2-5H,1H2/q-1. The Hall–Kier alpha value is -2.05. The van der Waals surface area contributed by atoms with Gasteiger partial charge >= 0.3 is 6.18 Å². The number of alkyl halides is 3. The predicted molar refractivity (Wildman–Crippen MR) is 49.0 cm³/mol. The summed E-state index contributed by atoms with van der Waals surface area (Å²) in [6.45, 7) is 0. The molecule has 2 aromatic rings. The fourth-order valence-electron chi connectivity index (χ4n) is 1.17. The monoisotopic (exact) mass is 227 g/mol. The van der Waals surface area contributed by atoms with Crippen molar-refractivity contribution in [3.8, 4) is 11.4 Å². The Balaban J connectivity index is 2.33. The second-order valence-electron chi connectivity index (χ2n) is 3.06. The molecule has 0 N–H and O–H groups in total. The molecule has 0 saturated carbocycles. The highest BCUT2D eigenvalue weighted by Gasteiger charge is 2.30. The van der Waals surface area contributed by atoms with Crippen molar-refractivity contribution >= 4 is 0 Å². The predicted octanol–water partition coefficient (Wildman–Crippen LogP) is 2.00. The first-order valence-corrected chi connectivity index (χ1v) is 4.25. The summed E-state index contributed by atoms with van der Waals surface area (Å²) < 4.78 is 36.8. The number of benzene rings is 1. The Kier molecular flexibility index (Phi) is 2.30. The number of halogens is 3. The van der Waals surface area contributed by atoms with Crippen molar-refractivity contribution in [2.24, 2.45) is 0 Å². The van der Waals surface area contributed by atoms with E-state index in [1.807, 2.05) is 0 Å². The smallest absolute Gasteiger partial charge is 0.301 e. The normalized spacial score (nSPS) is 11.7. The molecule has 16 heavy (non-hydrogen) atoms. The highest BCUT2D eigenvalue weighted by atomic mass is 19.4. The Morgan fingerprint density at radius 3 is 2.19 bits per heavy atom. The van der Waals surface area contributed by atoms with Crippen molar-refractivity contribution in [1.29, 1.82) is 0 Å². The van der Waals surface area contributed by atoms with Crippen molar-refractivity contribution in [2.75, 3.05) is 0 Å². The van der Waals surface area contributed by atoms with Crippen molar-refractivity contribution < 1.29 is 13.2 Å². The lowest BCUT2D eigenvalue weighted by Gasteiger charge is -2.05. The number of hydrogen-bond donors (Lipinski definition) is 0. The molecule has 1 heterocycles. The van der Waals surface area contributed by atoms with Gasteiger partial charge in [0.15, 0.2) is 0 Å². The molecule has 0 fully saturated rings. The third-order valence-corrected chi connectivity index (χ3v) is 1.92. The van der Waals surface area contributed by atoms with Crippen LogP contribution in [0.2, 0.25) is 0 Å². The minimum atomic E-state index is -4.34. The molecule has 0 aliphatic heterocycles. The molecule has 0 aliphatic rings. The minimum Gasteiger partial charge on any atom is -0.301 e. The molecule has 1 aromatic heterocycles. The Bertz CT molecular complexity index is 486. The van der Waals surface area contributed by atoms with Gasteiger partial charge in [0.05, 0.1) is 5.56 Å². The van der Waals surface area contributed by atoms with Crippen LogP contribution in [0.15, 0.2) is 24.3 Å². The maximum absolute atomic E-state index is 12.3. The van der Waals surface area contributed by atoms with Crippen LogP contribution >= 0.6 is 0 Å². The summed E-state index contributed by atoms with van der Waals surface area (Å²) in [6, 6.07) is 4.53. The number of hydrogen-bond acceptors (Lipinski definition) is 3. The van der Waals surface area contributed by atoms with Crippen LogP contribution in [0.3, 0.4) is 0 Å². The van der Waals surface area contributed by atoms with E-state index in [1.54, 1.807) is 0 Å². The van der Waals surface area contributed by atoms with Crippen molar-refractivity contribution in [1.82, 2.24) is 20.2 Å². The van der Waals surface area contributed by atoms with Gasteiger partial charge in [-0.2, -0.15) is 18.3 Å². The molecule has 4 nitrogen and oxygen atoms in total. The second-order valence-corrected chi connectivity index (χ2v) is 3.06. The van der Waals surface area contributed by atoms with Gasteiger partial charge in [-0.25, -0.2) is 0 Å². The maximum atomic E-state index is 12.3. The van der Waals surface area contributed by atoms with E-state index in [4.69, 9.17) is 0 Å². The number of nitrogens with zero attached hydrogens (tertiary/aromatic N) is 4. The fraction of sp³-hybridized carbons (Fsp3) is 0.111. The van der Waals surface area contributed by atoms with Crippen molar-refractivity contribution in [2.45, 2.75) is 6.18 Å². The molecule has 0 spiro atoms. The topological polar surface area (TPSA) is 43.6 Å². The molecule has 0 atom stereocenters. The SMILES string of the molecule is [CH2-]n1nnc(-c2ccc(C(F)(F)F)cc2)n1. The molecule has 0 bridgehead atoms. The molecular weight excluding hydrogens is 221 g/mol. The molecule has 2 rings (SSSR count). The molecule has 0 radical (unpaired) electrons. The van der Waals surface area contributed by atoms with Gasteiger partial charge in [0.2, 0.25) is 5.82 Å². The summed E-state index contributed by atoms with van der Waals surface area (Å²) in [7, 11) is 3.38. The zero-order chi connectivity index (χ0) is 11.8. The lowest BCUT2D eigenvalue weighted by molar-refractivity contribution is -0.137.